The highest BCUT2D eigenvalue weighted by Gasteiger charge is 2.32. The maximum atomic E-state index is 12.7. The fraction of sp³-hybridized carbons (Fsp3) is 0.625. The van der Waals surface area contributed by atoms with E-state index >= 15 is 0 Å². The van der Waals surface area contributed by atoms with Crippen LogP contribution in [-0.4, -0.2) is 60.0 Å². The summed E-state index contributed by atoms with van der Waals surface area (Å²) in [5, 5.41) is 1.89. The average Bonchev–Trinajstić information content (AvgIpc) is 3.02. The van der Waals surface area contributed by atoms with Gasteiger partial charge in [0.1, 0.15) is 0 Å². The Labute approximate surface area is 135 Å². The van der Waals surface area contributed by atoms with Crippen LogP contribution in [0.15, 0.2) is 17.5 Å². The molecule has 0 aliphatic carbocycles. The lowest BCUT2D eigenvalue weighted by atomic mass is 10.1. The van der Waals surface area contributed by atoms with E-state index < -0.39 is 0 Å². The first-order valence-electron chi connectivity index (χ1n) is 7.76. The summed E-state index contributed by atoms with van der Waals surface area (Å²) in [6.45, 7) is 8.17. The molecule has 1 fully saturated rings. The van der Waals surface area contributed by atoms with E-state index in [-0.39, 0.29) is 23.9 Å². The summed E-state index contributed by atoms with van der Waals surface area (Å²) in [4.78, 5) is 29.4. The normalized spacial score (nSPS) is 18.5. The van der Waals surface area contributed by atoms with Gasteiger partial charge in [-0.3, -0.25) is 4.79 Å². The number of thiophene rings is 1. The number of nitrogens with zero attached hydrogens (tertiary/aromatic N) is 2. The third kappa shape index (κ3) is 3.87. The number of amides is 2. The van der Waals surface area contributed by atoms with Gasteiger partial charge in [0.15, 0.2) is 5.78 Å². The second-order valence-electron chi connectivity index (χ2n) is 5.69. The number of hydrogen-bond donors (Lipinski definition) is 0. The molecule has 0 radical (unpaired) electrons. The molecule has 0 spiro atoms. The highest BCUT2D eigenvalue weighted by atomic mass is 32.1. The molecule has 0 saturated carbocycles. The Bertz CT molecular complexity index is 501. The van der Waals surface area contributed by atoms with Crippen LogP contribution < -0.4 is 0 Å². The third-order valence-electron chi connectivity index (χ3n) is 3.90. The molecule has 2 amide bonds. The van der Waals surface area contributed by atoms with Crippen LogP contribution in [0.4, 0.5) is 4.79 Å². The molecule has 122 valence electrons. The minimum atomic E-state index is -0.177. The summed E-state index contributed by atoms with van der Waals surface area (Å²) in [6, 6.07) is 3.67. The molecule has 6 heteroatoms. The zero-order chi connectivity index (χ0) is 16.1. The Morgan fingerprint density at radius 3 is 2.86 bits per heavy atom. The number of rotatable bonds is 5. The maximum absolute atomic E-state index is 12.7. The molecule has 1 aromatic rings. The topological polar surface area (TPSA) is 49.9 Å². The van der Waals surface area contributed by atoms with Gasteiger partial charge in [-0.25, -0.2) is 4.79 Å². The molecule has 1 aliphatic rings. The summed E-state index contributed by atoms with van der Waals surface area (Å²) < 4.78 is 5.49. The van der Waals surface area contributed by atoms with Crippen molar-refractivity contribution in [3.8, 4) is 0 Å². The van der Waals surface area contributed by atoms with Crippen molar-refractivity contribution in [2.75, 3.05) is 26.3 Å². The Hall–Kier alpha value is -1.40. The Morgan fingerprint density at radius 1 is 1.50 bits per heavy atom. The van der Waals surface area contributed by atoms with Crippen molar-refractivity contribution < 1.29 is 14.3 Å². The van der Waals surface area contributed by atoms with Crippen molar-refractivity contribution in [3.63, 3.8) is 0 Å². The standard InChI is InChI=1S/C16H24N2O3S/c1-4-17(12(2)3)16(20)18-7-8-21-11-13(18)10-14(19)15-6-5-9-22-15/h5-6,9,12-13H,4,7-8,10-11H2,1-3H3/t13-/m0/s1. The fourth-order valence-corrected chi connectivity index (χ4v) is 3.39. The molecule has 0 N–H and O–H groups in total. The van der Waals surface area contributed by atoms with Gasteiger partial charge in [-0.05, 0) is 32.2 Å². The van der Waals surface area contributed by atoms with E-state index in [9.17, 15) is 9.59 Å². The molecular weight excluding hydrogens is 300 g/mol. The van der Waals surface area contributed by atoms with Crippen LogP contribution in [0.5, 0.6) is 0 Å². The zero-order valence-corrected chi connectivity index (χ0v) is 14.3. The third-order valence-corrected chi connectivity index (χ3v) is 4.81. The molecule has 1 aliphatic heterocycles. The number of carbonyl (C=O) groups is 2. The van der Waals surface area contributed by atoms with Gasteiger partial charge in [-0.1, -0.05) is 6.07 Å². The summed E-state index contributed by atoms with van der Waals surface area (Å²) in [5.41, 5.74) is 0. The summed E-state index contributed by atoms with van der Waals surface area (Å²) >= 11 is 1.44. The first-order chi connectivity index (χ1) is 10.5. The predicted molar refractivity (Wildman–Crippen MR) is 87.5 cm³/mol. The SMILES string of the molecule is CCN(C(=O)N1CCOC[C@@H]1CC(=O)c1cccs1)C(C)C. The number of ketones is 1. The Balaban J connectivity index is 2.07. The van der Waals surface area contributed by atoms with Crippen LogP contribution in [0.2, 0.25) is 0 Å². The molecular formula is C16H24N2O3S. The van der Waals surface area contributed by atoms with Gasteiger partial charge in [0.05, 0.1) is 24.1 Å². The highest BCUT2D eigenvalue weighted by Crippen LogP contribution is 2.19. The van der Waals surface area contributed by atoms with E-state index in [1.807, 2.05) is 43.2 Å². The Kier molecular flexibility index (Phi) is 5.97. The lowest BCUT2D eigenvalue weighted by Gasteiger charge is -2.39. The zero-order valence-electron chi connectivity index (χ0n) is 13.4. The molecule has 1 aromatic heterocycles. The van der Waals surface area contributed by atoms with E-state index in [4.69, 9.17) is 4.74 Å². The quantitative estimate of drug-likeness (QED) is 0.783. The van der Waals surface area contributed by atoms with Crippen LogP contribution in [0, 0.1) is 0 Å². The van der Waals surface area contributed by atoms with Gasteiger partial charge in [0.2, 0.25) is 0 Å². The van der Waals surface area contributed by atoms with Crippen LogP contribution in [0.1, 0.15) is 36.9 Å². The number of urea groups is 1. The largest absolute Gasteiger partial charge is 0.377 e. The molecule has 2 rings (SSSR count). The number of hydrogen-bond acceptors (Lipinski definition) is 4. The molecule has 2 heterocycles. The lowest BCUT2D eigenvalue weighted by Crippen LogP contribution is -2.55. The van der Waals surface area contributed by atoms with E-state index in [0.717, 1.165) is 4.88 Å². The molecule has 0 aromatic carbocycles. The monoisotopic (exact) mass is 324 g/mol. The van der Waals surface area contributed by atoms with Crippen LogP contribution in [0.3, 0.4) is 0 Å². The molecule has 5 nitrogen and oxygen atoms in total. The first kappa shape index (κ1) is 17.0. The second-order valence-corrected chi connectivity index (χ2v) is 6.64. The van der Waals surface area contributed by atoms with E-state index in [1.54, 1.807) is 4.90 Å². The van der Waals surface area contributed by atoms with Crippen molar-refractivity contribution >= 4 is 23.2 Å². The Morgan fingerprint density at radius 2 is 2.27 bits per heavy atom. The molecule has 0 unspecified atom stereocenters. The smallest absolute Gasteiger partial charge is 0.320 e. The van der Waals surface area contributed by atoms with E-state index in [1.165, 1.54) is 11.3 Å². The van der Waals surface area contributed by atoms with Crippen LogP contribution >= 0.6 is 11.3 Å². The fourth-order valence-electron chi connectivity index (χ4n) is 2.71. The van der Waals surface area contributed by atoms with Gasteiger partial charge < -0.3 is 14.5 Å². The van der Waals surface area contributed by atoms with Crippen molar-refractivity contribution in [1.82, 2.24) is 9.80 Å². The minimum Gasteiger partial charge on any atom is -0.377 e. The molecule has 22 heavy (non-hydrogen) atoms. The number of ether oxygens (including phenoxy) is 1. The van der Waals surface area contributed by atoms with Crippen LogP contribution in [0.25, 0.3) is 0 Å². The van der Waals surface area contributed by atoms with Gasteiger partial charge in [-0.2, -0.15) is 0 Å². The van der Waals surface area contributed by atoms with Crippen molar-refractivity contribution in [3.05, 3.63) is 22.4 Å². The van der Waals surface area contributed by atoms with Gasteiger partial charge in [0, 0.05) is 25.6 Å². The predicted octanol–water partition coefficient (Wildman–Crippen LogP) is 2.87. The molecule has 0 bridgehead atoms. The average molecular weight is 324 g/mol. The number of carbonyl (C=O) groups excluding carboxylic acids is 2. The molecule has 1 atom stereocenters. The van der Waals surface area contributed by atoms with Gasteiger partial charge in [-0.15, -0.1) is 11.3 Å². The maximum Gasteiger partial charge on any atom is 0.320 e. The summed E-state index contributed by atoms with van der Waals surface area (Å²) in [7, 11) is 0. The molecule has 1 saturated heterocycles. The second kappa shape index (κ2) is 7.74. The van der Waals surface area contributed by atoms with Gasteiger partial charge in [0.25, 0.3) is 0 Å². The summed E-state index contributed by atoms with van der Waals surface area (Å²) in [6.07, 6.45) is 0.321. The van der Waals surface area contributed by atoms with Gasteiger partial charge >= 0.3 is 6.03 Å². The number of morpholine rings is 1. The lowest BCUT2D eigenvalue weighted by molar-refractivity contribution is 0.00108. The van der Waals surface area contributed by atoms with Crippen molar-refractivity contribution in [2.24, 2.45) is 0 Å². The van der Waals surface area contributed by atoms with E-state index in [0.29, 0.717) is 32.7 Å². The highest BCUT2D eigenvalue weighted by molar-refractivity contribution is 7.12. The van der Waals surface area contributed by atoms with Crippen molar-refractivity contribution in [2.45, 2.75) is 39.3 Å². The first-order valence-corrected chi connectivity index (χ1v) is 8.64. The van der Waals surface area contributed by atoms with Crippen LogP contribution in [-0.2, 0) is 4.74 Å². The minimum absolute atomic E-state index is 0.00443. The van der Waals surface area contributed by atoms with E-state index in [2.05, 4.69) is 0 Å². The number of Topliss-reactive ketones (excluding diaryl/α,β-unsaturated/α-hetero) is 1. The summed E-state index contributed by atoms with van der Waals surface area (Å²) in [5.74, 6) is 0.0795. The van der Waals surface area contributed by atoms with Crippen molar-refractivity contribution in [1.29, 1.82) is 0 Å².